The molecule has 0 saturated heterocycles. The van der Waals surface area contributed by atoms with Crippen LogP contribution >= 0.6 is 0 Å². The predicted molar refractivity (Wildman–Crippen MR) is 113 cm³/mol. The molecule has 7 heteroatoms. The van der Waals surface area contributed by atoms with E-state index in [1.165, 1.54) is 11.5 Å². The summed E-state index contributed by atoms with van der Waals surface area (Å²) in [5, 5.41) is 4.71. The highest BCUT2D eigenvalue weighted by Gasteiger charge is 2.19. The average molecular weight is 404 g/mol. The van der Waals surface area contributed by atoms with E-state index in [-0.39, 0.29) is 13.0 Å². The highest BCUT2D eigenvalue weighted by Crippen LogP contribution is 2.23. The number of ether oxygens (including phenoxy) is 1. The molecule has 1 aromatic heterocycles. The molecular weight excluding hydrogens is 384 g/mol. The van der Waals surface area contributed by atoms with Crippen molar-refractivity contribution < 1.29 is 18.7 Å². The number of anilines is 1. The number of nitrogens with zero attached hydrogens (tertiary/aromatic N) is 1. The lowest BCUT2D eigenvalue weighted by Gasteiger charge is -2.15. The van der Waals surface area contributed by atoms with Crippen LogP contribution in [0.3, 0.4) is 0 Å². The summed E-state index contributed by atoms with van der Waals surface area (Å²) < 4.78 is 11.8. The third-order valence-corrected chi connectivity index (χ3v) is 4.84. The predicted octanol–water partition coefficient (Wildman–Crippen LogP) is 3.71. The monoisotopic (exact) mass is 404 g/mol. The van der Waals surface area contributed by atoms with E-state index in [4.69, 9.17) is 9.15 Å². The van der Waals surface area contributed by atoms with E-state index in [1.54, 1.807) is 30.3 Å². The fraction of sp³-hybridized carbons (Fsp3) is 0.174. The van der Waals surface area contributed by atoms with Gasteiger partial charge in [-0.25, -0.2) is 4.79 Å². The summed E-state index contributed by atoms with van der Waals surface area (Å²) in [6.45, 7) is 1.62. The number of hydrogen-bond donors (Lipinski definition) is 1. The largest absolute Gasteiger partial charge is 0.452 e. The van der Waals surface area contributed by atoms with Gasteiger partial charge >= 0.3 is 11.7 Å². The molecule has 0 bridgehead atoms. The number of oxazole rings is 1. The summed E-state index contributed by atoms with van der Waals surface area (Å²) >= 11 is 0. The second kappa shape index (κ2) is 8.24. The minimum absolute atomic E-state index is 0.0602. The van der Waals surface area contributed by atoms with E-state index in [0.29, 0.717) is 16.8 Å². The zero-order valence-corrected chi connectivity index (χ0v) is 16.3. The summed E-state index contributed by atoms with van der Waals surface area (Å²) in [6, 6.07) is 20.3. The summed E-state index contributed by atoms with van der Waals surface area (Å²) in [5.41, 5.74) is 1.72. The van der Waals surface area contributed by atoms with Crippen molar-refractivity contribution in [2.24, 2.45) is 0 Å². The first-order chi connectivity index (χ1) is 14.5. The number of carbonyl (C=O) groups is 2. The quantitative estimate of drug-likeness (QED) is 0.495. The number of aryl methyl sites for hydroxylation is 1. The van der Waals surface area contributed by atoms with Gasteiger partial charge in [0.2, 0.25) is 0 Å². The molecule has 1 heterocycles. The molecular formula is C23H20N2O5. The zero-order valence-electron chi connectivity index (χ0n) is 16.3. The third-order valence-electron chi connectivity index (χ3n) is 4.84. The van der Waals surface area contributed by atoms with Crippen LogP contribution in [0.25, 0.3) is 21.9 Å². The molecule has 152 valence electrons. The highest BCUT2D eigenvalue weighted by atomic mass is 16.5. The molecule has 0 unspecified atom stereocenters. The highest BCUT2D eigenvalue weighted by molar-refractivity contribution is 6.03. The number of carbonyl (C=O) groups excluding carboxylic acids is 2. The Balaban J connectivity index is 1.37. The Kier molecular flexibility index (Phi) is 5.34. The number of esters is 1. The molecule has 4 rings (SSSR count). The first-order valence-electron chi connectivity index (χ1n) is 9.59. The number of aromatic nitrogens is 1. The van der Waals surface area contributed by atoms with Gasteiger partial charge in [0, 0.05) is 17.6 Å². The molecule has 30 heavy (non-hydrogen) atoms. The van der Waals surface area contributed by atoms with E-state index in [1.807, 2.05) is 36.4 Å². The van der Waals surface area contributed by atoms with Crippen molar-refractivity contribution in [1.82, 2.24) is 4.57 Å². The molecule has 0 aliphatic carbocycles. The smallest absolute Gasteiger partial charge is 0.419 e. The van der Waals surface area contributed by atoms with Crippen molar-refractivity contribution in [3.8, 4) is 0 Å². The van der Waals surface area contributed by atoms with E-state index >= 15 is 0 Å². The molecule has 4 aromatic rings. The molecule has 3 aromatic carbocycles. The van der Waals surface area contributed by atoms with Crippen LogP contribution in [0.2, 0.25) is 0 Å². The van der Waals surface area contributed by atoms with Crippen LogP contribution in [0.5, 0.6) is 0 Å². The van der Waals surface area contributed by atoms with Crippen molar-refractivity contribution in [2.75, 3.05) is 5.32 Å². The Labute approximate surface area is 171 Å². The van der Waals surface area contributed by atoms with Crippen LogP contribution in [0.1, 0.15) is 13.3 Å². The number of amides is 1. The van der Waals surface area contributed by atoms with Gasteiger partial charge in [-0.2, -0.15) is 0 Å². The number of fused-ring (bicyclic) bond motifs is 2. The van der Waals surface area contributed by atoms with Crippen LogP contribution in [-0.2, 0) is 20.9 Å². The van der Waals surface area contributed by atoms with Crippen LogP contribution in [0.15, 0.2) is 75.9 Å². The van der Waals surface area contributed by atoms with Crippen LogP contribution in [-0.4, -0.2) is 22.5 Å². The number of nitrogens with one attached hydrogen (secondary N) is 1. The molecule has 0 radical (unpaired) electrons. The Hall–Kier alpha value is -3.87. The summed E-state index contributed by atoms with van der Waals surface area (Å²) in [6.07, 6.45) is -1.04. The van der Waals surface area contributed by atoms with Gasteiger partial charge in [-0.05, 0) is 30.5 Å². The summed E-state index contributed by atoms with van der Waals surface area (Å²) in [4.78, 5) is 36.7. The van der Waals surface area contributed by atoms with Gasteiger partial charge in [0.15, 0.2) is 11.7 Å². The van der Waals surface area contributed by atoms with Crippen molar-refractivity contribution in [3.05, 3.63) is 77.3 Å². The van der Waals surface area contributed by atoms with Gasteiger partial charge in [-0.3, -0.25) is 14.2 Å². The fourth-order valence-electron chi connectivity index (χ4n) is 3.31. The topological polar surface area (TPSA) is 90.5 Å². The lowest BCUT2D eigenvalue weighted by atomic mass is 10.1. The molecule has 0 saturated carbocycles. The molecule has 0 aliphatic heterocycles. The second-order valence-corrected chi connectivity index (χ2v) is 6.89. The Morgan fingerprint density at radius 3 is 2.63 bits per heavy atom. The molecule has 1 atom stereocenters. The summed E-state index contributed by atoms with van der Waals surface area (Å²) in [7, 11) is 0. The molecule has 1 amide bonds. The first-order valence-corrected chi connectivity index (χ1v) is 9.59. The van der Waals surface area contributed by atoms with Gasteiger partial charge in [-0.15, -0.1) is 0 Å². The molecule has 0 aliphatic rings. The second-order valence-electron chi connectivity index (χ2n) is 6.89. The molecule has 1 N–H and O–H groups in total. The SMILES string of the molecule is C[C@@H](OC(=O)CCn1c(=O)oc2ccccc21)C(=O)Nc1cccc2ccccc12. The minimum atomic E-state index is -0.978. The first kappa shape index (κ1) is 19.4. The Bertz CT molecular complexity index is 1280. The molecule has 7 nitrogen and oxygen atoms in total. The van der Waals surface area contributed by atoms with Crippen molar-refractivity contribution >= 4 is 39.4 Å². The fourth-order valence-corrected chi connectivity index (χ4v) is 3.31. The van der Waals surface area contributed by atoms with Crippen LogP contribution in [0, 0.1) is 0 Å². The van der Waals surface area contributed by atoms with Gasteiger partial charge < -0.3 is 14.5 Å². The number of rotatable bonds is 6. The van der Waals surface area contributed by atoms with Gasteiger partial charge in [0.05, 0.1) is 11.9 Å². The van der Waals surface area contributed by atoms with Crippen molar-refractivity contribution in [3.63, 3.8) is 0 Å². The van der Waals surface area contributed by atoms with Gasteiger partial charge in [0.25, 0.3) is 5.91 Å². The van der Waals surface area contributed by atoms with Crippen molar-refractivity contribution in [2.45, 2.75) is 26.0 Å². The van der Waals surface area contributed by atoms with Crippen LogP contribution in [0.4, 0.5) is 5.69 Å². The molecule has 0 spiro atoms. The molecule has 0 fully saturated rings. The standard InChI is InChI=1S/C23H20N2O5/c1-15(22(27)24-18-10-6-8-16-7-2-3-9-17(16)18)29-21(26)13-14-25-19-11-4-5-12-20(19)30-23(25)28/h2-12,15H,13-14H2,1H3,(H,24,27)/t15-/m1/s1. The number of para-hydroxylation sites is 2. The zero-order chi connectivity index (χ0) is 21.1. The summed E-state index contributed by atoms with van der Waals surface area (Å²) in [5.74, 6) is -1.54. The van der Waals surface area contributed by atoms with Crippen molar-refractivity contribution in [1.29, 1.82) is 0 Å². The van der Waals surface area contributed by atoms with Gasteiger partial charge in [0.1, 0.15) is 0 Å². The Morgan fingerprint density at radius 1 is 1.03 bits per heavy atom. The lowest BCUT2D eigenvalue weighted by molar-refractivity contribution is -0.153. The Morgan fingerprint density at radius 2 is 1.77 bits per heavy atom. The van der Waals surface area contributed by atoms with E-state index < -0.39 is 23.7 Å². The minimum Gasteiger partial charge on any atom is -0.452 e. The maximum atomic E-state index is 12.5. The maximum absolute atomic E-state index is 12.5. The maximum Gasteiger partial charge on any atom is 0.419 e. The third kappa shape index (κ3) is 3.96. The van der Waals surface area contributed by atoms with E-state index in [0.717, 1.165) is 10.8 Å². The van der Waals surface area contributed by atoms with Gasteiger partial charge in [-0.1, -0.05) is 48.5 Å². The van der Waals surface area contributed by atoms with E-state index in [9.17, 15) is 14.4 Å². The van der Waals surface area contributed by atoms with E-state index in [2.05, 4.69) is 5.32 Å². The number of hydrogen-bond acceptors (Lipinski definition) is 5. The lowest BCUT2D eigenvalue weighted by Crippen LogP contribution is -2.30. The normalized spacial score (nSPS) is 12.0. The average Bonchev–Trinajstić information content (AvgIpc) is 3.07. The number of benzene rings is 3. The van der Waals surface area contributed by atoms with Crippen LogP contribution < -0.4 is 11.1 Å².